The molecule has 4 heteroatoms. The lowest BCUT2D eigenvalue weighted by Crippen LogP contribution is -2.24. The van der Waals surface area contributed by atoms with Crippen molar-refractivity contribution in [3.8, 4) is 0 Å². The molecule has 0 unspecified atom stereocenters. The fourth-order valence-corrected chi connectivity index (χ4v) is 2.67. The van der Waals surface area contributed by atoms with Crippen molar-refractivity contribution in [2.45, 2.75) is 39.0 Å². The van der Waals surface area contributed by atoms with Crippen LogP contribution in [0, 0.1) is 12.8 Å². The number of aliphatic carboxylic acids is 1. The van der Waals surface area contributed by atoms with Crippen LogP contribution in [0.3, 0.4) is 0 Å². The van der Waals surface area contributed by atoms with E-state index in [1.165, 1.54) is 6.42 Å². The Morgan fingerprint density at radius 2 is 1.95 bits per heavy atom. The highest BCUT2D eigenvalue weighted by Gasteiger charge is 2.21. The Bertz CT molecular complexity index is 557. The first-order valence-electron chi connectivity index (χ1n) is 7.39. The smallest absolute Gasteiger partial charge is 0.328 e. The molecule has 1 fully saturated rings. The number of hydrogen-bond acceptors (Lipinski definition) is 2. The van der Waals surface area contributed by atoms with Gasteiger partial charge >= 0.3 is 5.97 Å². The summed E-state index contributed by atoms with van der Waals surface area (Å²) in [6.07, 6.45) is 8.05. The molecule has 0 aromatic heterocycles. The number of carbonyl (C=O) groups is 2. The Labute approximate surface area is 124 Å². The van der Waals surface area contributed by atoms with Crippen LogP contribution >= 0.6 is 0 Å². The van der Waals surface area contributed by atoms with Gasteiger partial charge in [-0.15, -0.1) is 0 Å². The maximum absolute atomic E-state index is 12.2. The summed E-state index contributed by atoms with van der Waals surface area (Å²) in [6, 6.07) is 5.56. The van der Waals surface area contributed by atoms with E-state index in [2.05, 4.69) is 5.32 Å². The Morgan fingerprint density at radius 3 is 2.62 bits per heavy atom. The SMILES string of the molecule is Cc1ccc(NC(=O)C2CCCCC2)cc1C=CC(=O)O. The van der Waals surface area contributed by atoms with E-state index < -0.39 is 5.97 Å². The monoisotopic (exact) mass is 287 g/mol. The van der Waals surface area contributed by atoms with Crippen LogP contribution in [0.2, 0.25) is 0 Å². The van der Waals surface area contributed by atoms with E-state index in [0.29, 0.717) is 0 Å². The second-order valence-corrected chi connectivity index (χ2v) is 5.57. The molecule has 0 radical (unpaired) electrons. The Hall–Kier alpha value is -2.10. The van der Waals surface area contributed by atoms with E-state index in [-0.39, 0.29) is 11.8 Å². The highest BCUT2D eigenvalue weighted by molar-refractivity contribution is 5.93. The summed E-state index contributed by atoms with van der Waals surface area (Å²) in [6.45, 7) is 1.91. The second kappa shape index (κ2) is 7.07. The van der Waals surface area contributed by atoms with Crippen molar-refractivity contribution in [1.82, 2.24) is 0 Å². The number of nitrogens with one attached hydrogen (secondary N) is 1. The summed E-state index contributed by atoms with van der Waals surface area (Å²) >= 11 is 0. The number of rotatable bonds is 4. The van der Waals surface area contributed by atoms with Crippen molar-refractivity contribution in [3.05, 3.63) is 35.4 Å². The molecule has 0 aliphatic heterocycles. The van der Waals surface area contributed by atoms with Crippen LogP contribution in [0.1, 0.15) is 43.2 Å². The van der Waals surface area contributed by atoms with Crippen LogP contribution in [0.25, 0.3) is 6.08 Å². The molecule has 0 atom stereocenters. The van der Waals surface area contributed by atoms with Gasteiger partial charge in [-0.1, -0.05) is 25.3 Å². The maximum atomic E-state index is 12.2. The molecule has 1 aromatic carbocycles. The molecule has 1 aliphatic carbocycles. The predicted octanol–water partition coefficient (Wildman–Crippen LogP) is 3.61. The van der Waals surface area contributed by atoms with Crippen molar-refractivity contribution >= 4 is 23.6 Å². The summed E-state index contributed by atoms with van der Waals surface area (Å²) in [5.41, 5.74) is 2.50. The minimum Gasteiger partial charge on any atom is -0.478 e. The van der Waals surface area contributed by atoms with E-state index >= 15 is 0 Å². The zero-order chi connectivity index (χ0) is 15.2. The van der Waals surface area contributed by atoms with Gasteiger partial charge in [-0.05, 0) is 49.1 Å². The summed E-state index contributed by atoms with van der Waals surface area (Å²) < 4.78 is 0. The number of anilines is 1. The lowest BCUT2D eigenvalue weighted by Gasteiger charge is -2.21. The Balaban J connectivity index is 2.07. The van der Waals surface area contributed by atoms with Gasteiger partial charge in [-0.25, -0.2) is 4.79 Å². The molecule has 2 rings (SSSR count). The van der Waals surface area contributed by atoms with Gasteiger partial charge in [0.05, 0.1) is 0 Å². The molecular weight excluding hydrogens is 266 g/mol. The van der Waals surface area contributed by atoms with Gasteiger partial charge < -0.3 is 10.4 Å². The number of aryl methyl sites for hydroxylation is 1. The summed E-state index contributed by atoms with van der Waals surface area (Å²) in [5, 5.41) is 11.6. The molecule has 112 valence electrons. The van der Waals surface area contributed by atoms with E-state index in [1.807, 2.05) is 25.1 Å². The molecule has 1 saturated carbocycles. The van der Waals surface area contributed by atoms with Crippen molar-refractivity contribution in [1.29, 1.82) is 0 Å². The molecule has 2 N–H and O–H groups in total. The molecular formula is C17H21NO3. The number of carboxylic acid groups (broad SMARTS) is 1. The zero-order valence-electron chi connectivity index (χ0n) is 12.3. The molecule has 0 saturated heterocycles. The van der Waals surface area contributed by atoms with Crippen LogP contribution in [-0.4, -0.2) is 17.0 Å². The fraction of sp³-hybridized carbons (Fsp3) is 0.412. The summed E-state index contributed by atoms with van der Waals surface area (Å²) in [5.74, 6) is -0.796. The van der Waals surface area contributed by atoms with Crippen molar-refractivity contribution in [3.63, 3.8) is 0 Å². The van der Waals surface area contributed by atoms with Crippen LogP contribution in [0.4, 0.5) is 5.69 Å². The summed E-state index contributed by atoms with van der Waals surface area (Å²) in [7, 11) is 0. The van der Waals surface area contributed by atoms with Crippen LogP contribution in [-0.2, 0) is 9.59 Å². The zero-order valence-corrected chi connectivity index (χ0v) is 12.3. The van der Waals surface area contributed by atoms with E-state index in [9.17, 15) is 9.59 Å². The van der Waals surface area contributed by atoms with Crippen molar-refractivity contribution in [2.24, 2.45) is 5.92 Å². The van der Waals surface area contributed by atoms with Gasteiger partial charge in [0.2, 0.25) is 5.91 Å². The van der Waals surface area contributed by atoms with Crippen LogP contribution in [0.15, 0.2) is 24.3 Å². The lowest BCUT2D eigenvalue weighted by atomic mass is 9.88. The number of amides is 1. The number of hydrogen-bond donors (Lipinski definition) is 2. The Kier molecular flexibility index (Phi) is 5.14. The average molecular weight is 287 g/mol. The van der Waals surface area contributed by atoms with E-state index in [4.69, 9.17) is 5.11 Å². The first-order valence-corrected chi connectivity index (χ1v) is 7.39. The van der Waals surface area contributed by atoms with Gasteiger partial charge in [0, 0.05) is 17.7 Å². The first kappa shape index (κ1) is 15.3. The van der Waals surface area contributed by atoms with Crippen LogP contribution < -0.4 is 5.32 Å². The minimum atomic E-state index is -0.981. The van der Waals surface area contributed by atoms with E-state index in [1.54, 1.807) is 6.08 Å². The molecule has 0 bridgehead atoms. The van der Waals surface area contributed by atoms with Crippen molar-refractivity contribution < 1.29 is 14.7 Å². The third kappa shape index (κ3) is 4.45. The van der Waals surface area contributed by atoms with Gasteiger partial charge in [-0.3, -0.25) is 4.79 Å². The van der Waals surface area contributed by atoms with Gasteiger partial charge in [0.25, 0.3) is 0 Å². The fourth-order valence-electron chi connectivity index (χ4n) is 2.67. The van der Waals surface area contributed by atoms with Crippen LogP contribution in [0.5, 0.6) is 0 Å². The molecule has 1 aromatic rings. The molecule has 4 nitrogen and oxygen atoms in total. The normalized spacial score (nSPS) is 16.0. The standard InChI is InChI=1S/C17H21NO3/c1-12-7-9-15(11-14(12)8-10-16(19)20)18-17(21)13-5-3-2-4-6-13/h7-11,13H,2-6H2,1H3,(H,18,21)(H,19,20). The highest BCUT2D eigenvalue weighted by atomic mass is 16.4. The number of carboxylic acids is 1. The molecule has 1 amide bonds. The topological polar surface area (TPSA) is 66.4 Å². The minimum absolute atomic E-state index is 0.0757. The molecule has 21 heavy (non-hydrogen) atoms. The third-order valence-corrected chi connectivity index (χ3v) is 3.93. The van der Waals surface area contributed by atoms with Gasteiger partial charge in [0.15, 0.2) is 0 Å². The first-order chi connectivity index (χ1) is 10.1. The second-order valence-electron chi connectivity index (χ2n) is 5.57. The van der Waals surface area contributed by atoms with Gasteiger partial charge in [0.1, 0.15) is 0 Å². The largest absolute Gasteiger partial charge is 0.478 e. The number of benzene rings is 1. The van der Waals surface area contributed by atoms with E-state index in [0.717, 1.165) is 48.6 Å². The number of carbonyl (C=O) groups excluding carboxylic acids is 1. The highest BCUT2D eigenvalue weighted by Crippen LogP contribution is 2.25. The van der Waals surface area contributed by atoms with Gasteiger partial charge in [-0.2, -0.15) is 0 Å². The summed E-state index contributed by atoms with van der Waals surface area (Å²) in [4.78, 5) is 22.8. The lowest BCUT2D eigenvalue weighted by molar-refractivity contribution is -0.131. The third-order valence-electron chi connectivity index (χ3n) is 3.93. The van der Waals surface area contributed by atoms with Crippen molar-refractivity contribution in [2.75, 3.05) is 5.32 Å². The Morgan fingerprint density at radius 1 is 1.24 bits per heavy atom. The molecule has 0 spiro atoms. The molecule has 0 heterocycles. The quantitative estimate of drug-likeness (QED) is 0.831. The molecule has 1 aliphatic rings. The average Bonchev–Trinajstić information content (AvgIpc) is 2.48. The predicted molar refractivity (Wildman–Crippen MR) is 83.1 cm³/mol. The maximum Gasteiger partial charge on any atom is 0.328 e.